The molecule has 0 aliphatic carbocycles. The van der Waals surface area contributed by atoms with Gasteiger partial charge >= 0.3 is 6.18 Å². The van der Waals surface area contributed by atoms with E-state index in [0.717, 1.165) is 12.1 Å². The van der Waals surface area contributed by atoms with Gasteiger partial charge < -0.3 is 0 Å². The van der Waals surface area contributed by atoms with E-state index in [1.54, 1.807) is 0 Å². The molecule has 0 radical (unpaired) electrons. The van der Waals surface area contributed by atoms with Crippen LogP contribution in [0.3, 0.4) is 0 Å². The molecule has 7 heteroatoms. The minimum Gasteiger partial charge on any atom is -0.258 e. The van der Waals surface area contributed by atoms with Gasteiger partial charge in [0.1, 0.15) is 5.56 Å². The van der Waals surface area contributed by atoms with E-state index in [9.17, 15) is 23.3 Å². The number of rotatable bonds is 3. The van der Waals surface area contributed by atoms with Crippen LogP contribution in [0.4, 0.5) is 18.9 Å². The number of nitro groups is 1. The Morgan fingerprint density at radius 3 is 2.61 bits per heavy atom. The van der Waals surface area contributed by atoms with E-state index < -0.39 is 22.4 Å². The SMILES string of the molecule is N#CCC=Cc1ccc(C(F)(F)F)c([N+](=O)[O-])c1. The average Bonchev–Trinajstić information content (AvgIpc) is 2.27. The van der Waals surface area contributed by atoms with E-state index >= 15 is 0 Å². The molecule has 0 heterocycles. The quantitative estimate of drug-likeness (QED) is 0.613. The van der Waals surface area contributed by atoms with Gasteiger partial charge in [-0.15, -0.1) is 0 Å². The molecule has 0 aliphatic heterocycles. The lowest BCUT2D eigenvalue weighted by Crippen LogP contribution is -2.08. The van der Waals surface area contributed by atoms with Gasteiger partial charge in [-0.25, -0.2) is 0 Å². The third kappa shape index (κ3) is 3.31. The highest BCUT2D eigenvalue weighted by Crippen LogP contribution is 2.36. The lowest BCUT2D eigenvalue weighted by Gasteiger charge is -2.07. The molecule has 0 unspecified atom stereocenters. The molecule has 0 aliphatic rings. The van der Waals surface area contributed by atoms with Gasteiger partial charge in [-0.3, -0.25) is 10.1 Å². The van der Waals surface area contributed by atoms with Crippen molar-refractivity contribution in [2.45, 2.75) is 12.6 Å². The van der Waals surface area contributed by atoms with Crippen LogP contribution < -0.4 is 0 Å². The average molecular weight is 256 g/mol. The molecule has 0 bridgehead atoms. The summed E-state index contributed by atoms with van der Waals surface area (Å²) in [5.41, 5.74) is -2.04. The smallest absolute Gasteiger partial charge is 0.258 e. The van der Waals surface area contributed by atoms with Crippen molar-refractivity contribution in [1.29, 1.82) is 5.26 Å². The van der Waals surface area contributed by atoms with E-state index in [1.807, 2.05) is 6.07 Å². The molecule has 0 aromatic heterocycles. The minimum atomic E-state index is -4.77. The van der Waals surface area contributed by atoms with E-state index in [4.69, 9.17) is 5.26 Å². The number of hydrogen-bond acceptors (Lipinski definition) is 3. The van der Waals surface area contributed by atoms with Crippen molar-refractivity contribution in [3.63, 3.8) is 0 Å². The molecule has 0 saturated carbocycles. The Morgan fingerprint density at radius 1 is 1.44 bits per heavy atom. The first-order valence-corrected chi connectivity index (χ1v) is 4.75. The van der Waals surface area contributed by atoms with Crippen molar-refractivity contribution in [3.05, 3.63) is 45.5 Å². The summed E-state index contributed by atoms with van der Waals surface area (Å²) in [5.74, 6) is 0. The normalized spacial score (nSPS) is 11.4. The number of alkyl halides is 3. The van der Waals surface area contributed by atoms with Crippen molar-refractivity contribution < 1.29 is 18.1 Å². The third-order valence-corrected chi connectivity index (χ3v) is 2.04. The zero-order valence-electron chi connectivity index (χ0n) is 8.94. The molecule has 1 aromatic rings. The Balaban J connectivity index is 3.21. The number of allylic oxidation sites excluding steroid dienone is 1. The molecule has 0 N–H and O–H groups in total. The molecule has 0 amide bonds. The first-order chi connectivity index (χ1) is 8.36. The molecular formula is C11H7F3N2O2. The molecule has 18 heavy (non-hydrogen) atoms. The van der Waals surface area contributed by atoms with Gasteiger partial charge in [-0.1, -0.05) is 18.2 Å². The summed E-state index contributed by atoms with van der Waals surface area (Å²) >= 11 is 0. The fourth-order valence-corrected chi connectivity index (χ4v) is 1.29. The maximum Gasteiger partial charge on any atom is 0.422 e. The Hall–Kier alpha value is -2.36. The van der Waals surface area contributed by atoms with Gasteiger partial charge in [0.05, 0.1) is 17.4 Å². The van der Waals surface area contributed by atoms with E-state index in [0.29, 0.717) is 6.07 Å². The fraction of sp³-hybridized carbons (Fsp3) is 0.182. The maximum absolute atomic E-state index is 12.5. The van der Waals surface area contributed by atoms with Gasteiger partial charge in [0.15, 0.2) is 0 Å². The summed E-state index contributed by atoms with van der Waals surface area (Å²) in [7, 11) is 0. The summed E-state index contributed by atoms with van der Waals surface area (Å²) in [6.45, 7) is 0. The topological polar surface area (TPSA) is 66.9 Å². The van der Waals surface area contributed by atoms with Crippen molar-refractivity contribution in [1.82, 2.24) is 0 Å². The Bertz CT molecular complexity index is 530. The predicted molar refractivity (Wildman–Crippen MR) is 57.4 cm³/mol. The Morgan fingerprint density at radius 2 is 2.11 bits per heavy atom. The van der Waals surface area contributed by atoms with Crippen molar-refractivity contribution in [3.8, 4) is 6.07 Å². The van der Waals surface area contributed by atoms with Gasteiger partial charge in [0.25, 0.3) is 5.69 Å². The fourth-order valence-electron chi connectivity index (χ4n) is 1.29. The lowest BCUT2D eigenvalue weighted by atomic mass is 10.1. The number of nitrogens with zero attached hydrogens (tertiary/aromatic N) is 2. The number of benzene rings is 1. The minimum absolute atomic E-state index is 0.0782. The van der Waals surface area contributed by atoms with Crippen LogP contribution in [-0.4, -0.2) is 4.92 Å². The molecule has 0 atom stereocenters. The zero-order chi connectivity index (χ0) is 13.8. The molecule has 1 rings (SSSR count). The van der Waals surface area contributed by atoms with Crippen LogP contribution in [0, 0.1) is 21.4 Å². The predicted octanol–water partition coefficient (Wildman–Crippen LogP) is 3.54. The standard InChI is InChI=1S/C11H7F3N2O2/c12-11(13,14)9-5-4-8(3-1-2-6-15)7-10(9)16(17)18/h1,3-5,7H,2H2. The molecule has 0 fully saturated rings. The Labute approximate surface area is 100 Å². The number of halogens is 3. The second-order valence-corrected chi connectivity index (χ2v) is 3.30. The van der Waals surface area contributed by atoms with Crippen LogP contribution in [0.5, 0.6) is 0 Å². The largest absolute Gasteiger partial charge is 0.422 e. The first-order valence-electron chi connectivity index (χ1n) is 4.75. The second-order valence-electron chi connectivity index (χ2n) is 3.30. The summed E-state index contributed by atoms with van der Waals surface area (Å²) in [5, 5.41) is 18.9. The molecule has 0 spiro atoms. The van der Waals surface area contributed by atoms with Crippen molar-refractivity contribution in [2.75, 3.05) is 0 Å². The van der Waals surface area contributed by atoms with Crippen molar-refractivity contribution >= 4 is 11.8 Å². The summed E-state index contributed by atoms with van der Waals surface area (Å²) < 4.78 is 37.4. The highest BCUT2D eigenvalue weighted by atomic mass is 19.4. The summed E-state index contributed by atoms with van der Waals surface area (Å²) in [6.07, 6.45) is -1.92. The van der Waals surface area contributed by atoms with Crippen molar-refractivity contribution in [2.24, 2.45) is 0 Å². The zero-order valence-corrected chi connectivity index (χ0v) is 8.94. The molecule has 0 saturated heterocycles. The first kappa shape index (κ1) is 13.7. The van der Waals surface area contributed by atoms with Gasteiger partial charge in [-0.2, -0.15) is 18.4 Å². The Kier molecular flexibility index (Phi) is 4.05. The second kappa shape index (κ2) is 5.31. The van der Waals surface area contributed by atoms with Crippen LogP contribution in [-0.2, 0) is 6.18 Å². The van der Waals surface area contributed by atoms with E-state index in [1.165, 1.54) is 12.2 Å². The van der Waals surface area contributed by atoms with Gasteiger partial charge in [-0.05, 0) is 11.6 Å². The maximum atomic E-state index is 12.5. The van der Waals surface area contributed by atoms with Crippen LogP contribution in [0.15, 0.2) is 24.3 Å². The molecule has 94 valence electrons. The number of hydrogen-bond donors (Lipinski definition) is 0. The van der Waals surface area contributed by atoms with E-state index in [-0.39, 0.29) is 12.0 Å². The van der Waals surface area contributed by atoms with Gasteiger partial charge in [0, 0.05) is 6.07 Å². The number of nitro benzene ring substituents is 1. The van der Waals surface area contributed by atoms with Crippen LogP contribution in [0.2, 0.25) is 0 Å². The lowest BCUT2D eigenvalue weighted by molar-refractivity contribution is -0.388. The third-order valence-electron chi connectivity index (χ3n) is 2.04. The molecule has 1 aromatic carbocycles. The highest BCUT2D eigenvalue weighted by molar-refractivity contribution is 5.57. The van der Waals surface area contributed by atoms with E-state index in [2.05, 4.69) is 0 Å². The van der Waals surface area contributed by atoms with Gasteiger partial charge in [0.2, 0.25) is 0 Å². The molecular weight excluding hydrogens is 249 g/mol. The number of nitriles is 1. The summed E-state index contributed by atoms with van der Waals surface area (Å²) in [6, 6.07) is 4.41. The summed E-state index contributed by atoms with van der Waals surface area (Å²) in [4.78, 5) is 9.50. The van der Waals surface area contributed by atoms with Crippen LogP contribution in [0.25, 0.3) is 6.08 Å². The monoisotopic (exact) mass is 256 g/mol. The van der Waals surface area contributed by atoms with Crippen LogP contribution >= 0.6 is 0 Å². The molecule has 4 nitrogen and oxygen atoms in total. The highest BCUT2D eigenvalue weighted by Gasteiger charge is 2.38. The van der Waals surface area contributed by atoms with Crippen LogP contribution in [0.1, 0.15) is 17.5 Å².